The monoisotopic (exact) mass is 260 g/mol. The van der Waals surface area contributed by atoms with E-state index in [1.165, 1.54) is 7.11 Å². The van der Waals surface area contributed by atoms with Crippen LogP contribution in [0.15, 0.2) is 30.6 Å². The number of anilines is 3. The lowest BCUT2D eigenvalue weighted by Crippen LogP contribution is -2.07. The first-order chi connectivity index (χ1) is 9.15. The van der Waals surface area contributed by atoms with Gasteiger partial charge >= 0.3 is 5.97 Å². The average Bonchev–Trinajstić information content (AvgIpc) is 2.88. The lowest BCUT2D eigenvalue weighted by molar-refractivity contribution is 0.0602. The number of nitrogens with one attached hydrogen (secondary N) is 1. The van der Waals surface area contributed by atoms with Gasteiger partial charge in [-0.3, -0.25) is 4.68 Å². The van der Waals surface area contributed by atoms with Crippen LogP contribution in [0.2, 0.25) is 0 Å². The number of nitrogens with two attached hydrogens (primary N) is 1. The van der Waals surface area contributed by atoms with Crippen LogP contribution in [0, 0.1) is 0 Å². The third kappa shape index (κ3) is 2.67. The number of nitrogen functional groups attached to an aromatic ring is 1. The maximum absolute atomic E-state index is 11.7. The number of ether oxygens (including phenoxy) is 1. The number of methoxy groups -OCH3 is 1. The van der Waals surface area contributed by atoms with Gasteiger partial charge in [0.2, 0.25) is 0 Å². The van der Waals surface area contributed by atoms with E-state index < -0.39 is 5.97 Å². The van der Waals surface area contributed by atoms with E-state index in [2.05, 4.69) is 10.4 Å². The average molecular weight is 260 g/mol. The molecule has 0 aliphatic rings. The molecule has 0 atom stereocenters. The van der Waals surface area contributed by atoms with Crippen LogP contribution in [0.25, 0.3) is 0 Å². The number of para-hydroxylation sites is 1. The van der Waals surface area contributed by atoms with Crippen LogP contribution < -0.4 is 11.1 Å². The summed E-state index contributed by atoms with van der Waals surface area (Å²) >= 11 is 0. The van der Waals surface area contributed by atoms with E-state index >= 15 is 0 Å². The molecular weight excluding hydrogens is 244 g/mol. The predicted octanol–water partition coefficient (Wildman–Crippen LogP) is 2.02. The Morgan fingerprint density at radius 2 is 2.32 bits per heavy atom. The lowest BCUT2D eigenvalue weighted by atomic mass is 10.1. The molecule has 0 radical (unpaired) electrons. The van der Waals surface area contributed by atoms with Crippen molar-refractivity contribution in [2.45, 2.75) is 13.5 Å². The molecule has 100 valence electrons. The fourth-order valence-electron chi connectivity index (χ4n) is 1.74. The second-order valence-corrected chi connectivity index (χ2v) is 3.97. The van der Waals surface area contributed by atoms with E-state index in [0.717, 1.165) is 12.2 Å². The first kappa shape index (κ1) is 12.9. The van der Waals surface area contributed by atoms with Crippen molar-refractivity contribution < 1.29 is 9.53 Å². The molecule has 2 aromatic rings. The summed E-state index contributed by atoms with van der Waals surface area (Å²) in [5.74, 6) is -0.433. The van der Waals surface area contributed by atoms with Gasteiger partial charge in [0.25, 0.3) is 0 Å². The number of aryl methyl sites for hydroxylation is 1. The van der Waals surface area contributed by atoms with Gasteiger partial charge < -0.3 is 15.8 Å². The topological polar surface area (TPSA) is 82.2 Å². The fraction of sp³-hybridized carbons (Fsp3) is 0.231. The van der Waals surface area contributed by atoms with Gasteiger partial charge in [0.15, 0.2) is 0 Å². The Morgan fingerprint density at radius 3 is 2.95 bits per heavy atom. The standard InChI is InChI=1S/C13H16N4O2/c1-3-17-8-9(7-15-17)16-12-10(13(18)19-2)5-4-6-11(12)14/h4-8,16H,3,14H2,1-2H3. The van der Waals surface area contributed by atoms with E-state index in [9.17, 15) is 4.79 Å². The number of hydrogen-bond acceptors (Lipinski definition) is 5. The summed E-state index contributed by atoms with van der Waals surface area (Å²) in [7, 11) is 1.34. The van der Waals surface area contributed by atoms with Gasteiger partial charge in [-0.2, -0.15) is 5.10 Å². The molecule has 6 heteroatoms. The molecule has 0 amide bonds. The molecule has 0 spiro atoms. The van der Waals surface area contributed by atoms with Crippen LogP contribution >= 0.6 is 0 Å². The van der Waals surface area contributed by atoms with Crippen LogP contribution in [-0.4, -0.2) is 22.9 Å². The molecule has 0 fully saturated rings. The molecule has 2 rings (SSSR count). The van der Waals surface area contributed by atoms with Crippen LogP contribution in [0.1, 0.15) is 17.3 Å². The Balaban J connectivity index is 2.35. The first-order valence-corrected chi connectivity index (χ1v) is 5.92. The third-order valence-electron chi connectivity index (χ3n) is 2.73. The zero-order chi connectivity index (χ0) is 13.8. The largest absolute Gasteiger partial charge is 0.465 e. The Bertz CT molecular complexity index is 592. The minimum atomic E-state index is -0.433. The number of hydrogen-bond donors (Lipinski definition) is 2. The number of rotatable bonds is 4. The van der Waals surface area contributed by atoms with Crippen molar-refractivity contribution in [3.63, 3.8) is 0 Å². The molecule has 1 aromatic heterocycles. The lowest BCUT2D eigenvalue weighted by Gasteiger charge is -2.11. The van der Waals surface area contributed by atoms with E-state index in [4.69, 9.17) is 10.5 Å². The second kappa shape index (κ2) is 5.43. The van der Waals surface area contributed by atoms with E-state index in [0.29, 0.717) is 16.9 Å². The van der Waals surface area contributed by atoms with Crippen molar-refractivity contribution in [1.29, 1.82) is 0 Å². The van der Waals surface area contributed by atoms with Crippen molar-refractivity contribution in [1.82, 2.24) is 9.78 Å². The maximum atomic E-state index is 11.7. The van der Waals surface area contributed by atoms with Crippen molar-refractivity contribution >= 4 is 23.0 Å². The van der Waals surface area contributed by atoms with Gasteiger partial charge in [-0.25, -0.2) is 4.79 Å². The molecule has 0 saturated carbocycles. The molecule has 6 nitrogen and oxygen atoms in total. The van der Waals surface area contributed by atoms with Crippen LogP contribution in [0.4, 0.5) is 17.1 Å². The van der Waals surface area contributed by atoms with E-state index in [-0.39, 0.29) is 0 Å². The van der Waals surface area contributed by atoms with Gasteiger partial charge in [-0.15, -0.1) is 0 Å². The summed E-state index contributed by atoms with van der Waals surface area (Å²) in [4.78, 5) is 11.7. The normalized spacial score (nSPS) is 10.2. The number of esters is 1. The van der Waals surface area contributed by atoms with Crippen molar-refractivity contribution in [2.75, 3.05) is 18.2 Å². The van der Waals surface area contributed by atoms with Gasteiger partial charge in [-0.05, 0) is 19.1 Å². The van der Waals surface area contributed by atoms with Crippen LogP contribution in [-0.2, 0) is 11.3 Å². The Morgan fingerprint density at radius 1 is 1.53 bits per heavy atom. The highest BCUT2D eigenvalue weighted by atomic mass is 16.5. The molecule has 0 saturated heterocycles. The summed E-state index contributed by atoms with van der Waals surface area (Å²) in [6, 6.07) is 5.09. The van der Waals surface area contributed by atoms with Crippen LogP contribution in [0.3, 0.4) is 0 Å². The SMILES string of the molecule is CCn1cc(Nc2c(N)cccc2C(=O)OC)cn1. The Kier molecular flexibility index (Phi) is 3.70. The zero-order valence-electron chi connectivity index (χ0n) is 10.9. The minimum absolute atomic E-state index is 0.395. The van der Waals surface area contributed by atoms with E-state index in [1.807, 2.05) is 13.1 Å². The number of nitrogens with zero attached hydrogens (tertiary/aromatic N) is 2. The van der Waals surface area contributed by atoms with Gasteiger partial charge in [0.1, 0.15) is 0 Å². The molecule has 0 bridgehead atoms. The van der Waals surface area contributed by atoms with E-state index in [1.54, 1.807) is 29.1 Å². The molecule has 0 aliphatic carbocycles. The Hall–Kier alpha value is -2.50. The van der Waals surface area contributed by atoms with Gasteiger partial charge in [-0.1, -0.05) is 6.07 Å². The fourth-order valence-corrected chi connectivity index (χ4v) is 1.74. The number of carbonyl (C=O) groups excluding carboxylic acids is 1. The van der Waals surface area contributed by atoms with Crippen molar-refractivity contribution in [3.05, 3.63) is 36.2 Å². The number of aromatic nitrogens is 2. The molecule has 0 aliphatic heterocycles. The predicted molar refractivity (Wildman–Crippen MR) is 73.4 cm³/mol. The molecule has 0 unspecified atom stereocenters. The molecule has 1 heterocycles. The zero-order valence-corrected chi connectivity index (χ0v) is 10.9. The quantitative estimate of drug-likeness (QED) is 0.649. The Labute approximate surface area is 111 Å². The second-order valence-electron chi connectivity index (χ2n) is 3.97. The first-order valence-electron chi connectivity index (χ1n) is 5.92. The highest BCUT2D eigenvalue weighted by Crippen LogP contribution is 2.27. The van der Waals surface area contributed by atoms with Crippen LogP contribution in [0.5, 0.6) is 0 Å². The molecule has 3 N–H and O–H groups in total. The van der Waals surface area contributed by atoms with Crippen molar-refractivity contribution in [2.24, 2.45) is 0 Å². The summed E-state index contributed by atoms with van der Waals surface area (Å²) in [6.45, 7) is 2.77. The molecular formula is C13H16N4O2. The maximum Gasteiger partial charge on any atom is 0.340 e. The highest BCUT2D eigenvalue weighted by molar-refractivity contribution is 5.99. The third-order valence-corrected chi connectivity index (χ3v) is 2.73. The number of benzene rings is 1. The molecule has 19 heavy (non-hydrogen) atoms. The highest BCUT2D eigenvalue weighted by Gasteiger charge is 2.14. The smallest absolute Gasteiger partial charge is 0.340 e. The summed E-state index contributed by atoms with van der Waals surface area (Å²) in [5.41, 5.74) is 8.08. The van der Waals surface area contributed by atoms with Gasteiger partial charge in [0, 0.05) is 12.7 Å². The van der Waals surface area contributed by atoms with Crippen molar-refractivity contribution in [3.8, 4) is 0 Å². The summed E-state index contributed by atoms with van der Waals surface area (Å²) in [5, 5.41) is 7.25. The number of carbonyl (C=O) groups is 1. The van der Waals surface area contributed by atoms with Gasteiger partial charge in [0.05, 0.1) is 35.9 Å². The molecule has 1 aromatic carbocycles. The summed E-state index contributed by atoms with van der Waals surface area (Å²) < 4.78 is 6.52. The summed E-state index contributed by atoms with van der Waals surface area (Å²) in [6.07, 6.45) is 3.52. The minimum Gasteiger partial charge on any atom is -0.465 e.